The third-order valence-electron chi connectivity index (χ3n) is 5.83. The van der Waals surface area contributed by atoms with Crippen LogP contribution in [0.5, 0.6) is 0 Å². The maximum Gasteiger partial charge on any atom is 0.0401 e. The van der Waals surface area contributed by atoms with Gasteiger partial charge in [-0.15, -0.1) is 0 Å². The Balaban J connectivity index is 1.57. The number of likely N-dealkylation sites (tertiary alicyclic amines) is 1. The van der Waals surface area contributed by atoms with Crippen LogP contribution in [0.3, 0.4) is 0 Å². The highest BCUT2D eigenvalue weighted by atomic mass is 15.2. The van der Waals surface area contributed by atoms with Gasteiger partial charge in [0, 0.05) is 31.0 Å². The molecule has 1 saturated carbocycles. The normalized spacial score (nSPS) is 33.2. The van der Waals surface area contributed by atoms with Gasteiger partial charge in [-0.25, -0.2) is 0 Å². The van der Waals surface area contributed by atoms with Crippen molar-refractivity contribution in [3.8, 4) is 0 Å². The molecular formula is C19H31N3. The van der Waals surface area contributed by atoms with Crippen molar-refractivity contribution < 1.29 is 0 Å². The van der Waals surface area contributed by atoms with E-state index in [0.29, 0.717) is 6.04 Å². The Kier molecular flexibility index (Phi) is 5.48. The molecule has 3 rings (SSSR count). The van der Waals surface area contributed by atoms with E-state index in [1.807, 2.05) is 12.4 Å². The molecule has 2 aliphatic rings. The van der Waals surface area contributed by atoms with E-state index in [1.54, 1.807) is 0 Å². The van der Waals surface area contributed by atoms with Crippen LogP contribution in [0.25, 0.3) is 0 Å². The molecule has 3 nitrogen and oxygen atoms in total. The number of aromatic nitrogens is 1. The fraction of sp³-hybridized carbons (Fsp3) is 0.737. The molecule has 1 aliphatic heterocycles. The Hall–Kier alpha value is -0.930. The lowest BCUT2D eigenvalue weighted by atomic mass is 9.84. The summed E-state index contributed by atoms with van der Waals surface area (Å²) in [5, 5.41) is 3.90. The molecule has 0 radical (unpaired) electrons. The highest BCUT2D eigenvalue weighted by Crippen LogP contribution is 2.35. The molecule has 2 fully saturated rings. The number of nitrogens with zero attached hydrogens (tertiary/aromatic N) is 2. The fourth-order valence-corrected chi connectivity index (χ4v) is 4.48. The van der Waals surface area contributed by atoms with Crippen LogP contribution in [-0.4, -0.2) is 36.1 Å². The first-order valence-corrected chi connectivity index (χ1v) is 9.11. The van der Waals surface area contributed by atoms with Gasteiger partial charge in [0.2, 0.25) is 0 Å². The average molecular weight is 301 g/mol. The molecule has 122 valence electrons. The molecule has 1 N–H and O–H groups in total. The average Bonchev–Trinajstić information content (AvgIpc) is 2.94. The molecule has 0 amide bonds. The predicted molar refractivity (Wildman–Crippen MR) is 91.8 cm³/mol. The van der Waals surface area contributed by atoms with Crippen molar-refractivity contribution in [1.82, 2.24) is 15.2 Å². The van der Waals surface area contributed by atoms with Crippen LogP contribution in [0.1, 0.15) is 57.1 Å². The summed E-state index contributed by atoms with van der Waals surface area (Å²) in [6, 6.07) is 5.59. The van der Waals surface area contributed by atoms with Crippen LogP contribution in [-0.2, 0) is 0 Å². The lowest BCUT2D eigenvalue weighted by Crippen LogP contribution is -2.38. The van der Waals surface area contributed by atoms with E-state index in [0.717, 1.165) is 24.4 Å². The zero-order valence-electron chi connectivity index (χ0n) is 14.2. The van der Waals surface area contributed by atoms with E-state index < -0.39 is 0 Å². The van der Waals surface area contributed by atoms with Crippen LogP contribution in [0.2, 0.25) is 0 Å². The Morgan fingerprint density at radius 1 is 1.32 bits per heavy atom. The molecule has 0 aromatic carbocycles. The van der Waals surface area contributed by atoms with Crippen LogP contribution in [0.4, 0.5) is 0 Å². The number of hydrogen-bond acceptors (Lipinski definition) is 3. The summed E-state index contributed by atoms with van der Waals surface area (Å²) in [7, 11) is 2.26. The van der Waals surface area contributed by atoms with E-state index in [4.69, 9.17) is 0 Å². The topological polar surface area (TPSA) is 28.2 Å². The number of rotatable bonds is 5. The van der Waals surface area contributed by atoms with Crippen LogP contribution >= 0.6 is 0 Å². The molecule has 1 aliphatic carbocycles. The largest absolute Gasteiger partial charge is 0.314 e. The lowest BCUT2D eigenvalue weighted by Gasteiger charge is -2.31. The van der Waals surface area contributed by atoms with Crippen molar-refractivity contribution in [3.63, 3.8) is 0 Å². The van der Waals surface area contributed by atoms with Gasteiger partial charge in [0.25, 0.3) is 0 Å². The van der Waals surface area contributed by atoms with E-state index in [2.05, 4.69) is 41.3 Å². The maximum atomic E-state index is 4.32. The molecule has 2 heterocycles. The summed E-state index contributed by atoms with van der Waals surface area (Å²) in [4.78, 5) is 6.82. The zero-order valence-corrected chi connectivity index (χ0v) is 14.2. The van der Waals surface area contributed by atoms with Gasteiger partial charge in [0.15, 0.2) is 0 Å². The van der Waals surface area contributed by atoms with E-state index in [9.17, 15) is 0 Å². The second-order valence-corrected chi connectivity index (χ2v) is 7.31. The minimum absolute atomic E-state index is 0.534. The van der Waals surface area contributed by atoms with Gasteiger partial charge in [-0.1, -0.05) is 32.3 Å². The highest BCUT2D eigenvalue weighted by Gasteiger charge is 2.33. The van der Waals surface area contributed by atoms with Gasteiger partial charge in [-0.3, -0.25) is 9.88 Å². The first kappa shape index (κ1) is 15.9. The second kappa shape index (κ2) is 7.56. The van der Waals surface area contributed by atoms with Gasteiger partial charge in [0.1, 0.15) is 0 Å². The molecule has 1 saturated heterocycles. The Morgan fingerprint density at radius 3 is 3.00 bits per heavy atom. The molecular weight excluding hydrogens is 270 g/mol. The molecule has 3 heteroatoms. The molecule has 1 aromatic rings. The van der Waals surface area contributed by atoms with Crippen molar-refractivity contribution in [2.75, 3.05) is 20.1 Å². The summed E-state index contributed by atoms with van der Waals surface area (Å²) in [5.74, 6) is 1.67. The molecule has 4 atom stereocenters. The first-order chi connectivity index (χ1) is 10.8. The van der Waals surface area contributed by atoms with Gasteiger partial charge in [-0.2, -0.15) is 0 Å². The third-order valence-corrected chi connectivity index (χ3v) is 5.83. The zero-order chi connectivity index (χ0) is 15.4. The molecule has 1 aromatic heterocycles. The monoisotopic (exact) mass is 301 g/mol. The summed E-state index contributed by atoms with van der Waals surface area (Å²) >= 11 is 0. The van der Waals surface area contributed by atoms with Crippen molar-refractivity contribution >= 4 is 0 Å². The number of hydrogen-bond donors (Lipinski definition) is 1. The standard InChI is InChI=1S/C19H31N3/c1-3-15-6-4-8-18(12-15)21-14-17-9-11-22(2)19(17)16-7-5-10-20-13-16/h5,7,10,13,15,17-19,21H,3-4,6,8-9,11-12,14H2,1-2H3/t15-,17-,18+,19-/m0/s1. The Labute approximate surface area is 135 Å². The Morgan fingerprint density at radius 2 is 2.23 bits per heavy atom. The summed E-state index contributed by atoms with van der Waals surface area (Å²) in [5.41, 5.74) is 1.38. The molecule has 0 spiro atoms. The van der Waals surface area contributed by atoms with Gasteiger partial charge in [0.05, 0.1) is 0 Å². The van der Waals surface area contributed by atoms with Crippen molar-refractivity contribution in [1.29, 1.82) is 0 Å². The molecule has 0 unspecified atom stereocenters. The highest BCUT2D eigenvalue weighted by molar-refractivity contribution is 5.17. The third kappa shape index (κ3) is 3.69. The minimum atomic E-state index is 0.534. The maximum absolute atomic E-state index is 4.32. The van der Waals surface area contributed by atoms with Crippen LogP contribution in [0, 0.1) is 11.8 Å². The van der Waals surface area contributed by atoms with Crippen LogP contribution < -0.4 is 5.32 Å². The summed E-state index contributed by atoms with van der Waals surface area (Å²) < 4.78 is 0. The second-order valence-electron chi connectivity index (χ2n) is 7.31. The van der Waals surface area contributed by atoms with Crippen LogP contribution in [0.15, 0.2) is 24.5 Å². The van der Waals surface area contributed by atoms with Gasteiger partial charge >= 0.3 is 0 Å². The van der Waals surface area contributed by atoms with Crippen molar-refractivity contribution in [2.24, 2.45) is 11.8 Å². The van der Waals surface area contributed by atoms with Crippen molar-refractivity contribution in [2.45, 2.75) is 57.5 Å². The van der Waals surface area contributed by atoms with E-state index in [1.165, 1.54) is 50.6 Å². The first-order valence-electron chi connectivity index (χ1n) is 9.11. The number of pyridine rings is 1. The predicted octanol–water partition coefficient (Wildman–Crippen LogP) is 3.63. The summed E-state index contributed by atoms with van der Waals surface area (Å²) in [6.07, 6.45) is 12.2. The van der Waals surface area contributed by atoms with Gasteiger partial charge < -0.3 is 5.32 Å². The smallest absolute Gasteiger partial charge is 0.0401 e. The number of nitrogens with one attached hydrogen (secondary N) is 1. The quantitative estimate of drug-likeness (QED) is 0.900. The molecule has 0 bridgehead atoms. The molecule has 22 heavy (non-hydrogen) atoms. The van der Waals surface area contributed by atoms with E-state index >= 15 is 0 Å². The van der Waals surface area contributed by atoms with E-state index in [-0.39, 0.29) is 0 Å². The van der Waals surface area contributed by atoms with Crippen molar-refractivity contribution in [3.05, 3.63) is 30.1 Å². The fourth-order valence-electron chi connectivity index (χ4n) is 4.48. The lowest BCUT2D eigenvalue weighted by molar-refractivity contribution is 0.241. The minimum Gasteiger partial charge on any atom is -0.314 e. The summed E-state index contributed by atoms with van der Waals surface area (Å²) in [6.45, 7) is 4.70. The Bertz CT molecular complexity index is 447. The SMILES string of the molecule is CC[C@H]1CCC[C@@H](NC[C@@H]2CCN(C)[C@H]2c2cccnc2)C1. The van der Waals surface area contributed by atoms with Gasteiger partial charge in [-0.05, 0) is 56.3 Å².